The monoisotopic (exact) mass is 252 g/mol. The predicted octanol–water partition coefficient (Wildman–Crippen LogP) is 1.68. The summed E-state index contributed by atoms with van der Waals surface area (Å²) in [5.74, 6) is 1.16. The van der Waals surface area contributed by atoms with Crippen LogP contribution in [0.3, 0.4) is 0 Å². The van der Waals surface area contributed by atoms with E-state index in [4.69, 9.17) is 5.73 Å². The fraction of sp³-hybridized carbons (Fsp3) is 0.857. The van der Waals surface area contributed by atoms with Crippen LogP contribution in [0.15, 0.2) is 0 Å². The zero-order valence-electron chi connectivity index (χ0n) is 11.2. The molecule has 1 saturated heterocycles. The molecule has 0 aromatic carbocycles. The van der Waals surface area contributed by atoms with Crippen molar-refractivity contribution in [1.82, 2.24) is 4.90 Å². The average molecular weight is 252 g/mol. The summed E-state index contributed by atoms with van der Waals surface area (Å²) < 4.78 is 0. The summed E-state index contributed by atoms with van der Waals surface area (Å²) in [5.41, 5.74) is 5.38. The highest BCUT2D eigenvalue weighted by molar-refractivity contribution is 5.86. The molecule has 2 fully saturated rings. The number of nitrogens with two attached hydrogens (primary N) is 1. The highest BCUT2D eigenvalue weighted by Gasteiger charge is 2.33. The summed E-state index contributed by atoms with van der Waals surface area (Å²) in [6.07, 6.45) is 7.24. The maximum Gasteiger partial charge on any atom is 0.240 e. The molecular weight excluding hydrogens is 228 g/mol. The van der Waals surface area contributed by atoms with E-state index in [0.29, 0.717) is 25.3 Å². The maximum atomic E-state index is 12.2. The van der Waals surface area contributed by atoms with Gasteiger partial charge < -0.3 is 10.6 Å². The first kappa shape index (κ1) is 13.4. The van der Waals surface area contributed by atoms with Gasteiger partial charge in [-0.05, 0) is 37.5 Å². The van der Waals surface area contributed by atoms with Gasteiger partial charge in [-0.15, -0.1) is 0 Å². The van der Waals surface area contributed by atoms with Crippen molar-refractivity contribution in [2.24, 2.45) is 17.6 Å². The van der Waals surface area contributed by atoms with Crippen LogP contribution in [0.5, 0.6) is 0 Å². The molecule has 102 valence electrons. The Labute approximate surface area is 109 Å². The van der Waals surface area contributed by atoms with Crippen LogP contribution in [0.25, 0.3) is 0 Å². The van der Waals surface area contributed by atoms with Gasteiger partial charge in [-0.3, -0.25) is 9.59 Å². The van der Waals surface area contributed by atoms with Gasteiger partial charge in [0.05, 0.1) is 0 Å². The molecule has 0 aromatic heterocycles. The number of nitrogens with zero attached hydrogens (tertiary/aromatic N) is 1. The molecule has 1 saturated carbocycles. The van der Waals surface area contributed by atoms with E-state index in [9.17, 15) is 9.59 Å². The molecule has 1 aliphatic carbocycles. The van der Waals surface area contributed by atoms with Gasteiger partial charge >= 0.3 is 0 Å². The Hall–Kier alpha value is -1.06. The number of primary amides is 1. The van der Waals surface area contributed by atoms with E-state index in [1.165, 1.54) is 19.3 Å². The zero-order valence-corrected chi connectivity index (χ0v) is 11.2. The van der Waals surface area contributed by atoms with E-state index in [2.05, 4.69) is 0 Å². The lowest BCUT2D eigenvalue weighted by atomic mass is 9.94. The lowest BCUT2D eigenvalue weighted by Crippen LogP contribution is -2.47. The van der Waals surface area contributed by atoms with Crippen LogP contribution in [-0.2, 0) is 9.59 Å². The van der Waals surface area contributed by atoms with Gasteiger partial charge in [0, 0.05) is 13.0 Å². The van der Waals surface area contributed by atoms with Crippen molar-refractivity contribution in [1.29, 1.82) is 0 Å². The third-order valence-corrected chi connectivity index (χ3v) is 4.25. The molecule has 1 heterocycles. The fourth-order valence-electron chi connectivity index (χ4n) is 3.07. The van der Waals surface area contributed by atoms with E-state index < -0.39 is 6.04 Å². The van der Waals surface area contributed by atoms with E-state index in [0.717, 1.165) is 18.8 Å². The van der Waals surface area contributed by atoms with Crippen LogP contribution >= 0.6 is 0 Å². The minimum Gasteiger partial charge on any atom is -0.368 e. The van der Waals surface area contributed by atoms with Crippen LogP contribution in [0, 0.1) is 11.8 Å². The summed E-state index contributed by atoms with van der Waals surface area (Å²) in [6.45, 7) is 2.61. The molecule has 0 bridgehead atoms. The number of hydrogen-bond donors (Lipinski definition) is 1. The Morgan fingerprint density at radius 3 is 2.67 bits per heavy atom. The number of rotatable bonds is 5. The molecule has 0 radical (unpaired) electrons. The zero-order chi connectivity index (χ0) is 13.1. The second-order valence-corrected chi connectivity index (χ2v) is 5.81. The van der Waals surface area contributed by atoms with Crippen molar-refractivity contribution < 1.29 is 9.59 Å². The first-order chi connectivity index (χ1) is 8.61. The fourth-order valence-corrected chi connectivity index (χ4v) is 3.07. The summed E-state index contributed by atoms with van der Waals surface area (Å²) in [7, 11) is 0. The largest absolute Gasteiger partial charge is 0.368 e. The van der Waals surface area contributed by atoms with Gasteiger partial charge in [0.15, 0.2) is 0 Å². The van der Waals surface area contributed by atoms with Gasteiger partial charge in [0.1, 0.15) is 6.04 Å². The molecule has 2 rings (SSSR count). The normalized spacial score (nSPS) is 26.8. The third-order valence-electron chi connectivity index (χ3n) is 4.25. The Morgan fingerprint density at radius 1 is 1.39 bits per heavy atom. The lowest BCUT2D eigenvalue weighted by molar-refractivity contribution is -0.139. The Kier molecular flexibility index (Phi) is 4.25. The predicted molar refractivity (Wildman–Crippen MR) is 69.7 cm³/mol. The van der Waals surface area contributed by atoms with Crippen molar-refractivity contribution in [3.05, 3.63) is 0 Å². The number of likely N-dealkylation sites (tertiary alicyclic amines) is 1. The first-order valence-electron chi connectivity index (χ1n) is 7.20. The Balaban J connectivity index is 1.96. The van der Waals surface area contributed by atoms with Crippen LogP contribution in [-0.4, -0.2) is 29.3 Å². The highest BCUT2D eigenvalue weighted by atomic mass is 16.2. The van der Waals surface area contributed by atoms with Crippen molar-refractivity contribution >= 4 is 11.8 Å². The van der Waals surface area contributed by atoms with Crippen molar-refractivity contribution in [2.75, 3.05) is 6.54 Å². The molecule has 0 aromatic rings. The van der Waals surface area contributed by atoms with Gasteiger partial charge in [-0.25, -0.2) is 0 Å². The van der Waals surface area contributed by atoms with E-state index in [-0.39, 0.29) is 11.8 Å². The molecule has 0 spiro atoms. The van der Waals surface area contributed by atoms with Crippen molar-refractivity contribution in [3.8, 4) is 0 Å². The van der Waals surface area contributed by atoms with Crippen molar-refractivity contribution in [3.63, 3.8) is 0 Å². The molecule has 18 heavy (non-hydrogen) atoms. The summed E-state index contributed by atoms with van der Waals surface area (Å²) in [5, 5.41) is 0. The maximum absolute atomic E-state index is 12.2. The molecule has 2 aliphatic rings. The molecule has 1 aliphatic heterocycles. The minimum absolute atomic E-state index is 0.129. The van der Waals surface area contributed by atoms with Crippen LogP contribution in [0.4, 0.5) is 0 Å². The first-order valence-corrected chi connectivity index (χ1v) is 7.20. The number of carbonyl (C=O) groups is 2. The number of amides is 2. The minimum atomic E-state index is -0.405. The lowest BCUT2D eigenvalue weighted by Gasteiger charge is -2.27. The molecule has 4 nitrogen and oxygen atoms in total. The molecule has 2 amide bonds. The molecule has 2 unspecified atom stereocenters. The van der Waals surface area contributed by atoms with Crippen LogP contribution < -0.4 is 5.73 Å². The average Bonchev–Trinajstić information content (AvgIpc) is 3.11. The smallest absolute Gasteiger partial charge is 0.240 e. The summed E-state index contributed by atoms with van der Waals surface area (Å²) in [4.78, 5) is 25.4. The molecule has 2 atom stereocenters. The molecule has 2 N–H and O–H groups in total. The Morgan fingerprint density at radius 2 is 2.11 bits per heavy atom. The summed E-state index contributed by atoms with van der Waals surface area (Å²) >= 11 is 0. The quantitative estimate of drug-likeness (QED) is 0.809. The van der Waals surface area contributed by atoms with Gasteiger partial charge in [0.2, 0.25) is 11.8 Å². The van der Waals surface area contributed by atoms with Gasteiger partial charge in [-0.2, -0.15) is 0 Å². The third kappa shape index (κ3) is 3.24. The second-order valence-electron chi connectivity index (χ2n) is 5.81. The standard InChI is InChI=1S/C14H24N2O2/c1-2-12(14(15)18)16-7-3-4-11(9-13(16)17)8-10-5-6-10/h10-12H,2-9H2,1H3,(H2,15,18). The van der Waals surface area contributed by atoms with Gasteiger partial charge in [0.25, 0.3) is 0 Å². The number of hydrogen-bond acceptors (Lipinski definition) is 2. The highest BCUT2D eigenvalue weighted by Crippen LogP contribution is 2.38. The van der Waals surface area contributed by atoms with E-state index >= 15 is 0 Å². The Bertz CT molecular complexity index is 326. The second kappa shape index (κ2) is 5.72. The van der Waals surface area contributed by atoms with Crippen LogP contribution in [0.2, 0.25) is 0 Å². The van der Waals surface area contributed by atoms with Crippen LogP contribution in [0.1, 0.15) is 51.9 Å². The molecular formula is C14H24N2O2. The molecule has 4 heteroatoms. The van der Waals surface area contributed by atoms with E-state index in [1.807, 2.05) is 6.92 Å². The van der Waals surface area contributed by atoms with Gasteiger partial charge in [-0.1, -0.05) is 19.8 Å². The SMILES string of the molecule is CCC(C(N)=O)N1CCCC(CC2CC2)CC1=O. The van der Waals surface area contributed by atoms with E-state index in [1.54, 1.807) is 4.90 Å². The topological polar surface area (TPSA) is 63.4 Å². The number of carbonyl (C=O) groups excluding carboxylic acids is 2. The summed E-state index contributed by atoms with van der Waals surface area (Å²) in [6, 6.07) is -0.405. The van der Waals surface area contributed by atoms with Crippen molar-refractivity contribution in [2.45, 2.75) is 57.9 Å².